The maximum Gasteiger partial charge on any atom is 0.308 e. The van der Waals surface area contributed by atoms with E-state index in [0.29, 0.717) is 24.7 Å². The highest BCUT2D eigenvalue weighted by molar-refractivity contribution is 6.07. The Labute approximate surface area is 170 Å². The summed E-state index contributed by atoms with van der Waals surface area (Å²) < 4.78 is 5.35. The summed E-state index contributed by atoms with van der Waals surface area (Å²) in [4.78, 5) is 29.8. The molecule has 2 N–H and O–H groups in total. The first-order chi connectivity index (χ1) is 13.9. The zero-order chi connectivity index (χ0) is 20.5. The summed E-state index contributed by atoms with van der Waals surface area (Å²) in [5, 5.41) is 13.4. The minimum atomic E-state index is -0.859. The smallest absolute Gasteiger partial charge is 0.308 e. The fourth-order valence-electron chi connectivity index (χ4n) is 4.35. The van der Waals surface area contributed by atoms with Crippen LogP contribution in [-0.4, -0.2) is 41.7 Å². The molecule has 2 heterocycles. The Morgan fingerprint density at radius 3 is 2.55 bits per heavy atom. The summed E-state index contributed by atoms with van der Waals surface area (Å²) in [5.74, 6) is -1.21. The van der Waals surface area contributed by atoms with Gasteiger partial charge in [-0.25, -0.2) is 0 Å². The molecule has 0 radical (unpaired) electrons. The number of benzene rings is 1. The number of carbonyl (C=O) groups excluding carboxylic acids is 1. The van der Waals surface area contributed by atoms with Gasteiger partial charge in [0, 0.05) is 36.8 Å². The molecule has 29 heavy (non-hydrogen) atoms. The lowest BCUT2D eigenvalue weighted by Gasteiger charge is -2.27. The molecule has 1 aromatic carbocycles. The molecule has 1 aliphatic carbocycles. The Morgan fingerprint density at radius 1 is 1.17 bits per heavy atom. The molecule has 6 nitrogen and oxygen atoms in total. The third-order valence-electron chi connectivity index (χ3n) is 6.14. The zero-order valence-electron chi connectivity index (χ0n) is 17.0. The van der Waals surface area contributed by atoms with E-state index in [4.69, 9.17) is 9.72 Å². The van der Waals surface area contributed by atoms with Gasteiger partial charge >= 0.3 is 5.97 Å². The van der Waals surface area contributed by atoms with Crippen LogP contribution in [0, 0.1) is 25.7 Å². The molecular formula is C23H28N2O4. The highest BCUT2D eigenvalue weighted by Gasteiger charge is 2.31. The Bertz CT molecular complexity index is 946. The molecule has 2 aliphatic rings. The average Bonchev–Trinajstić information content (AvgIpc) is 3.53. The molecule has 2 aromatic rings. The van der Waals surface area contributed by atoms with Crippen LogP contribution in [-0.2, 0) is 9.53 Å². The summed E-state index contributed by atoms with van der Waals surface area (Å²) in [7, 11) is 0. The second-order valence-electron chi connectivity index (χ2n) is 8.45. The van der Waals surface area contributed by atoms with E-state index in [2.05, 4.69) is 11.4 Å². The number of amides is 1. The SMILES string of the molecule is Cc1cc(C)c2nc(C3CC3)cc(C(=O)NCC(C(=O)O)C3CCOCC3)c2c1. The lowest BCUT2D eigenvalue weighted by atomic mass is 9.86. The Hall–Kier alpha value is -2.47. The van der Waals surface area contributed by atoms with Crippen LogP contribution < -0.4 is 5.32 Å². The van der Waals surface area contributed by atoms with E-state index in [-0.39, 0.29) is 18.4 Å². The Morgan fingerprint density at radius 2 is 1.90 bits per heavy atom. The molecule has 6 heteroatoms. The Kier molecular flexibility index (Phi) is 5.54. The van der Waals surface area contributed by atoms with Crippen LogP contribution in [0.25, 0.3) is 10.9 Å². The molecular weight excluding hydrogens is 368 g/mol. The number of ether oxygens (including phenoxy) is 1. The minimum absolute atomic E-state index is 0.0299. The van der Waals surface area contributed by atoms with E-state index in [1.807, 2.05) is 26.0 Å². The molecule has 1 amide bonds. The standard InChI is InChI=1S/C23H28N2O4/c1-13-9-14(2)21-17(10-13)18(11-20(25-21)16-3-4-16)22(26)24-12-19(23(27)28)15-5-7-29-8-6-15/h9-11,15-16,19H,3-8,12H2,1-2H3,(H,24,26)(H,27,28). The highest BCUT2D eigenvalue weighted by Crippen LogP contribution is 2.40. The van der Waals surface area contributed by atoms with Crippen molar-refractivity contribution in [2.45, 2.75) is 45.4 Å². The first-order valence-electron chi connectivity index (χ1n) is 10.4. The Balaban J connectivity index is 1.61. The van der Waals surface area contributed by atoms with Gasteiger partial charge in [-0.05, 0) is 63.1 Å². The van der Waals surface area contributed by atoms with Gasteiger partial charge in [0.1, 0.15) is 0 Å². The van der Waals surface area contributed by atoms with Crippen molar-refractivity contribution >= 4 is 22.8 Å². The number of pyridine rings is 1. The summed E-state index contributed by atoms with van der Waals surface area (Å²) in [6.07, 6.45) is 3.65. The van der Waals surface area contributed by atoms with Crippen molar-refractivity contribution in [3.63, 3.8) is 0 Å². The molecule has 0 bridgehead atoms. The molecule has 2 fully saturated rings. The number of aromatic nitrogens is 1. The summed E-state index contributed by atoms with van der Waals surface area (Å²) in [5.41, 5.74) is 4.57. The number of hydrogen-bond donors (Lipinski definition) is 2. The van der Waals surface area contributed by atoms with Crippen LogP contribution in [0.5, 0.6) is 0 Å². The van der Waals surface area contributed by atoms with Gasteiger partial charge in [-0.2, -0.15) is 0 Å². The van der Waals surface area contributed by atoms with E-state index < -0.39 is 11.9 Å². The van der Waals surface area contributed by atoms with Crippen LogP contribution in [0.4, 0.5) is 0 Å². The second kappa shape index (κ2) is 8.11. The lowest BCUT2D eigenvalue weighted by molar-refractivity contribution is -0.144. The molecule has 0 spiro atoms. The maximum atomic E-state index is 13.1. The van der Waals surface area contributed by atoms with Crippen LogP contribution >= 0.6 is 0 Å². The van der Waals surface area contributed by atoms with Gasteiger partial charge in [-0.3, -0.25) is 14.6 Å². The number of hydrogen-bond acceptors (Lipinski definition) is 4. The van der Waals surface area contributed by atoms with Gasteiger partial charge in [0.15, 0.2) is 0 Å². The number of aryl methyl sites for hydroxylation is 2. The average molecular weight is 396 g/mol. The van der Waals surface area contributed by atoms with Crippen LogP contribution in [0.3, 0.4) is 0 Å². The molecule has 1 atom stereocenters. The number of rotatable bonds is 6. The highest BCUT2D eigenvalue weighted by atomic mass is 16.5. The van der Waals surface area contributed by atoms with E-state index in [9.17, 15) is 14.7 Å². The predicted octanol–water partition coefficient (Wildman–Crippen LogP) is 3.59. The topological polar surface area (TPSA) is 88.5 Å². The van der Waals surface area contributed by atoms with Gasteiger partial charge in [0.2, 0.25) is 0 Å². The second-order valence-corrected chi connectivity index (χ2v) is 8.45. The van der Waals surface area contributed by atoms with E-state index in [1.165, 1.54) is 0 Å². The number of fused-ring (bicyclic) bond motifs is 1. The van der Waals surface area contributed by atoms with E-state index in [0.717, 1.165) is 53.4 Å². The summed E-state index contributed by atoms with van der Waals surface area (Å²) in [6.45, 7) is 5.33. The van der Waals surface area contributed by atoms with Gasteiger partial charge in [-0.15, -0.1) is 0 Å². The molecule has 4 rings (SSSR count). The normalized spacial score (nSPS) is 18.6. The molecule has 1 saturated carbocycles. The van der Waals surface area contributed by atoms with Crippen molar-refractivity contribution in [2.24, 2.45) is 11.8 Å². The van der Waals surface area contributed by atoms with E-state index >= 15 is 0 Å². The quantitative estimate of drug-likeness (QED) is 0.779. The fraction of sp³-hybridized carbons (Fsp3) is 0.522. The van der Waals surface area contributed by atoms with Crippen LogP contribution in [0.2, 0.25) is 0 Å². The maximum absolute atomic E-state index is 13.1. The molecule has 154 valence electrons. The summed E-state index contributed by atoms with van der Waals surface area (Å²) >= 11 is 0. The van der Waals surface area contributed by atoms with Gasteiger partial charge < -0.3 is 15.2 Å². The first kappa shape index (κ1) is 19.8. The van der Waals surface area contributed by atoms with Crippen LogP contribution in [0.15, 0.2) is 18.2 Å². The number of nitrogens with zero attached hydrogens (tertiary/aromatic N) is 1. The largest absolute Gasteiger partial charge is 0.481 e. The molecule has 1 aromatic heterocycles. The van der Waals surface area contributed by atoms with Crippen molar-refractivity contribution in [3.8, 4) is 0 Å². The van der Waals surface area contributed by atoms with Crippen molar-refractivity contribution < 1.29 is 19.4 Å². The minimum Gasteiger partial charge on any atom is -0.481 e. The molecule has 1 saturated heterocycles. The third kappa shape index (κ3) is 4.27. The summed E-state index contributed by atoms with van der Waals surface area (Å²) in [6, 6.07) is 5.98. The zero-order valence-corrected chi connectivity index (χ0v) is 17.0. The first-order valence-corrected chi connectivity index (χ1v) is 10.4. The van der Waals surface area contributed by atoms with Crippen molar-refractivity contribution in [3.05, 3.63) is 40.6 Å². The number of nitrogens with one attached hydrogen (secondary N) is 1. The van der Waals surface area contributed by atoms with Crippen molar-refractivity contribution in [2.75, 3.05) is 19.8 Å². The van der Waals surface area contributed by atoms with E-state index in [1.54, 1.807) is 0 Å². The van der Waals surface area contributed by atoms with Gasteiger partial charge in [0.05, 0.1) is 17.0 Å². The van der Waals surface area contributed by atoms with Gasteiger partial charge in [-0.1, -0.05) is 11.6 Å². The monoisotopic (exact) mass is 396 g/mol. The predicted molar refractivity (Wildman–Crippen MR) is 110 cm³/mol. The fourth-order valence-corrected chi connectivity index (χ4v) is 4.35. The molecule has 1 aliphatic heterocycles. The lowest BCUT2D eigenvalue weighted by Crippen LogP contribution is -2.39. The number of carboxylic acids is 1. The number of carboxylic acid groups (broad SMARTS) is 1. The third-order valence-corrected chi connectivity index (χ3v) is 6.14. The van der Waals surface area contributed by atoms with Gasteiger partial charge in [0.25, 0.3) is 5.91 Å². The van der Waals surface area contributed by atoms with Crippen molar-refractivity contribution in [1.82, 2.24) is 10.3 Å². The van der Waals surface area contributed by atoms with Crippen LogP contribution in [0.1, 0.15) is 58.8 Å². The number of aliphatic carboxylic acids is 1. The number of carbonyl (C=O) groups is 2. The van der Waals surface area contributed by atoms with Crippen molar-refractivity contribution in [1.29, 1.82) is 0 Å². The molecule has 1 unspecified atom stereocenters.